The lowest BCUT2D eigenvalue weighted by Gasteiger charge is -2.22. The van der Waals surface area contributed by atoms with Crippen molar-refractivity contribution in [2.45, 2.75) is 38.5 Å². The molecule has 2 aromatic heterocycles. The van der Waals surface area contributed by atoms with Crippen LogP contribution in [0.1, 0.15) is 37.9 Å². The van der Waals surface area contributed by atoms with Crippen LogP contribution in [0.5, 0.6) is 0 Å². The Hall–Kier alpha value is -2.37. The molecule has 6 heteroatoms. The summed E-state index contributed by atoms with van der Waals surface area (Å²) in [6.07, 6.45) is 10.6. The van der Waals surface area contributed by atoms with Crippen LogP contribution < -0.4 is 5.32 Å². The zero-order valence-electron chi connectivity index (χ0n) is 15.5. The van der Waals surface area contributed by atoms with Crippen LogP contribution in [-0.4, -0.2) is 52.6 Å². The Morgan fingerprint density at radius 2 is 2.16 bits per heavy atom. The van der Waals surface area contributed by atoms with Gasteiger partial charge in [-0.25, -0.2) is 0 Å². The number of nitrogens with one attached hydrogen (secondary N) is 1. The van der Waals surface area contributed by atoms with E-state index < -0.39 is 0 Å². The molecule has 0 bridgehead atoms. The van der Waals surface area contributed by atoms with Crippen molar-refractivity contribution in [3.63, 3.8) is 0 Å². The normalized spacial score (nSPS) is 11.7. The topological polar surface area (TPSA) is 57.8 Å². The van der Waals surface area contributed by atoms with Crippen molar-refractivity contribution >= 4 is 11.6 Å². The van der Waals surface area contributed by atoms with Crippen molar-refractivity contribution < 1.29 is 0 Å². The molecule has 0 spiro atoms. The number of hydrogen-bond acceptors (Lipinski definition) is 3. The number of hydrogen-bond donors (Lipinski definition) is 1. The summed E-state index contributed by atoms with van der Waals surface area (Å²) < 4.78 is 2.05. The van der Waals surface area contributed by atoms with Gasteiger partial charge < -0.3 is 10.2 Å². The van der Waals surface area contributed by atoms with E-state index in [2.05, 4.69) is 39.0 Å². The van der Waals surface area contributed by atoms with Crippen LogP contribution in [0.3, 0.4) is 0 Å². The maximum absolute atomic E-state index is 4.37. The van der Waals surface area contributed by atoms with Gasteiger partial charge in [0.05, 0.1) is 0 Å². The minimum Gasteiger partial charge on any atom is -0.356 e. The average molecular weight is 342 g/mol. The zero-order valence-corrected chi connectivity index (χ0v) is 15.5. The van der Waals surface area contributed by atoms with Crippen LogP contribution >= 0.6 is 0 Å². The summed E-state index contributed by atoms with van der Waals surface area (Å²) in [6.45, 7) is 5.65. The van der Waals surface area contributed by atoms with Crippen LogP contribution in [0, 0.1) is 0 Å². The molecule has 6 nitrogen and oxygen atoms in total. The largest absolute Gasteiger partial charge is 0.356 e. The van der Waals surface area contributed by atoms with Gasteiger partial charge in [-0.15, -0.1) is 16.8 Å². The summed E-state index contributed by atoms with van der Waals surface area (Å²) in [7, 11) is 3.93. The summed E-state index contributed by atoms with van der Waals surface area (Å²) >= 11 is 0. The van der Waals surface area contributed by atoms with Gasteiger partial charge in [0.2, 0.25) is 0 Å². The van der Waals surface area contributed by atoms with Gasteiger partial charge in [0.15, 0.2) is 11.6 Å². The molecule has 0 fully saturated rings. The highest BCUT2D eigenvalue weighted by molar-refractivity contribution is 5.79. The first kappa shape index (κ1) is 19.0. The van der Waals surface area contributed by atoms with Gasteiger partial charge in [0.1, 0.15) is 5.82 Å². The van der Waals surface area contributed by atoms with E-state index >= 15 is 0 Å². The highest BCUT2D eigenvalue weighted by Gasteiger charge is 2.07. The Morgan fingerprint density at radius 3 is 2.96 bits per heavy atom. The lowest BCUT2D eigenvalue weighted by atomic mass is 10.2. The highest BCUT2D eigenvalue weighted by Crippen LogP contribution is 2.05. The molecule has 0 aromatic carbocycles. The second-order valence-electron chi connectivity index (χ2n) is 6.18. The molecule has 0 saturated carbocycles. The molecule has 0 unspecified atom stereocenters. The number of allylic oxidation sites excluding steroid dienone is 1. The number of fused-ring (bicyclic) bond motifs is 1. The predicted octanol–water partition coefficient (Wildman–Crippen LogP) is 2.92. The van der Waals surface area contributed by atoms with Crippen LogP contribution in [0.4, 0.5) is 0 Å². The molecule has 0 radical (unpaired) electrons. The van der Waals surface area contributed by atoms with Crippen molar-refractivity contribution in [1.29, 1.82) is 0 Å². The van der Waals surface area contributed by atoms with Gasteiger partial charge in [-0.1, -0.05) is 18.6 Å². The first-order valence-corrected chi connectivity index (χ1v) is 9.07. The van der Waals surface area contributed by atoms with E-state index in [-0.39, 0.29) is 0 Å². The zero-order chi connectivity index (χ0) is 17.9. The molecule has 0 aliphatic heterocycles. The summed E-state index contributed by atoms with van der Waals surface area (Å²) in [5, 5.41) is 11.9. The van der Waals surface area contributed by atoms with E-state index in [1.54, 1.807) is 0 Å². The Balaban J connectivity index is 1.69. The number of guanidine groups is 1. The first-order valence-electron chi connectivity index (χ1n) is 9.07. The number of aryl methyl sites for hydroxylation is 1. The molecule has 0 saturated heterocycles. The third kappa shape index (κ3) is 5.89. The van der Waals surface area contributed by atoms with Crippen molar-refractivity contribution in [1.82, 2.24) is 24.8 Å². The number of rotatable bonds is 10. The minimum atomic E-state index is 0.870. The van der Waals surface area contributed by atoms with E-state index in [1.807, 2.05) is 41.9 Å². The smallest absolute Gasteiger partial charge is 0.193 e. The fourth-order valence-electron chi connectivity index (χ4n) is 2.81. The monoisotopic (exact) mass is 342 g/mol. The molecule has 0 aliphatic carbocycles. The minimum absolute atomic E-state index is 0.870. The van der Waals surface area contributed by atoms with E-state index in [4.69, 9.17) is 0 Å². The maximum atomic E-state index is 4.37. The Bertz CT molecular complexity index is 675. The lowest BCUT2D eigenvalue weighted by Crippen LogP contribution is -2.39. The van der Waals surface area contributed by atoms with E-state index in [0.717, 1.165) is 49.8 Å². The SMILES string of the molecule is C=CCCCCCN(C)C(=NC)NCCCc1nnc2ccccn12. The van der Waals surface area contributed by atoms with Gasteiger partial charge in [-0.3, -0.25) is 9.39 Å². The van der Waals surface area contributed by atoms with Crippen molar-refractivity contribution in [2.24, 2.45) is 4.99 Å². The Morgan fingerprint density at radius 1 is 1.28 bits per heavy atom. The molecule has 0 amide bonds. The molecule has 2 rings (SSSR count). The molecule has 0 atom stereocenters. The fourth-order valence-corrected chi connectivity index (χ4v) is 2.81. The summed E-state index contributed by atoms with van der Waals surface area (Å²) in [4.78, 5) is 6.56. The van der Waals surface area contributed by atoms with Gasteiger partial charge in [-0.05, 0) is 37.8 Å². The van der Waals surface area contributed by atoms with E-state index in [0.29, 0.717) is 0 Å². The third-order valence-electron chi connectivity index (χ3n) is 4.22. The number of aromatic nitrogens is 3. The van der Waals surface area contributed by atoms with Gasteiger partial charge in [-0.2, -0.15) is 0 Å². The number of pyridine rings is 1. The quantitative estimate of drug-likeness (QED) is 0.312. The summed E-state index contributed by atoms with van der Waals surface area (Å²) in [5.74, 6) is 1.96. The fraction of sp³-hybridized carbons (Fsp3) is 0.526. The highest BCUT2D eigenvalue weighted by atomic mass is 15.3. The first-order chi connectivity index (χ1) is 12.3. The van der Waals surface area contributed by atoms with Crippen molar-refractivity contribution in [2.75, 3.05) is 27.2 Å². The van der Waals surface area contributed by atoms with Crippen molar-refractivity contribution in [3.05, 3.63) is 42.9 Å². The average Bonchev–Trinajstić information content (AvgIpc) is 3.04. The van der Waals surface area contributed by atoms with E-state index in [1.165, 1.54) is 19.3 Å². The molecule has 1 N–H and O–H groups in total. The molecule has 2 heterocycles. The van der Waals surface area contributed by atoms with Crippen molar-refractivity contribution in [3.8, 4) is 0 Å². The summed E-state index contributed by atoms with van der Waals surface area (Å²) in [5.41, 5.74) is 0.900. The van der Waals surface area contributed by atoms with Crippen LogP contribution in [0.2, 0.25) is 0 Å². The standard InChI is InChI=1S/C19H30N6/c1-4-5-6-7-9-15-24(3)19(20-2)21-14-11-13-18-23-22-17-12-8-10-16-25(17)18/h4,8,10,12,16H,1,5-7,9,11,13-15H2,2-3H3,(H,20,21). The molecule has 2 aromatic rings. The number of nitrogens with zero attached hydrogens (tertiary/aromatic N) is 5. The molecular formula is C19H30N6. The van der Waals surface area contributed by atoms with Gasteiger partial charge >= 0.3 is 0 Å². The second-order valence-corrected chi connectivity index (χ2v) is 6.18. The lowest BCUT2D eigenvalue weighted by molar-refractivity contribution is 0.454. The van der Waals surface area contributed by atoms with Gasteiger partial charge in [0, 0.05) is 39.8 Å². The Kier molecular flexibility index (Phi) is 7.95. The number of unbranched alkanes of at least 4 members (excludes halogenated alkanes) is 3. The second kappa shape index (κ2) is 10.5. The number of aliphatic imine (C=N–C) groups is 1. The summed E-state index contributed by atoms with van der Waals surface area (Å²) in [6, 6.07) is 5.96. The molecule has 25 heavy (non-hydrogen) atoms. The maximum Gasteiger partial charge on any atom is 0.193 e. The molecule has 136 valence electrons. The van der Waals surface area contributed by atoms with Crippen LogP contribution in [0.25, 0.3) is 5.65 Å². The molecular weight excluding hydrogens is 312 g/mol. The predicted molar refractivity (Wildman–Crippen MR) is 104 cm³/mol. The Labute approximate surface area is 150 Å². The van der Waals surface area contributed by atoms with Gasteiger partial charge in [0.25, 0.3) is 0 Å². The molecule has 0 aliphatic rings. The third-order valence-corrected chi connectivity index (χ3v) is 4.22. The van der Waals surface area contributed by atoms with Crippen LogP contribution in [-0.2, 0) is 6.42 Å². The van der Waals surface area contributed by atoms with E-state index in [9.17, 15) is 0 Å². The van der Waals surface area contributed by atoms with Crippen LogP contribution in [0.15, 0.2) is 42.0 Å².